The zero-order valence-corrected chi connectivity index (χ0v) is 23.7. The van der Waals surface area contributed by atoms with Gasteiger partial charge in [-0.25, -0.2) is 18.0 Å². The second kappa shape index (κ2) is 11.4. The Bertz CT molecular complexity index is 1530. The number of anilines is 2. The predicted molar refractivity (Wildman–Crippen MR) is 150 cm³/mol. The summed E-state index contributed by atoms with van der Waals surface area (Å²) in [5.74, 6) is -2.29. The summed E-state index contributed by atoms with van der Waals surface area (Å²) in [6, 6.07) is 15.4. The number of nitrogens with two attached hydrogens (primary N) is 1. The third kappa shape index (κ3) is 5.27. The Labute approximate surface area is 234 Å². The highest BCUT2D eigenvalue weighted by Gasteiger charge is 2.43. The van der Waals surface area contributed by atoms with Crippen molar-refractivity contribution in [2.75, 3.05) is 43.4 Å². The molecular formula is C29H32N4O6S. The highest BCUT2D eigenvalue weighted by molar-refractivity contribution is 7.90. The fraction of sp³-hybridized carbons (Fsp3) is 0.345. The summed E-state index contributed by atoms with van der Waals surface area (Å²) >= 11 is 0. The maximum Gasteiger partial charge on any atom is 0.355 e. The van der Waals surface area contributed by atoms with Crippen molar-refractivity contribution >= 4 is 33.2 Å². The van der Waals surface area contributed by atoms with Crippen molar-refractivity contribution in [1.29, 1.82) is 5.26 Å². The van der Waals surface area contributed by atoms with Gasteiger partial charge in [-0.05, 0) is 42.5 Å². The number of rotatable bonds is 6. The number of nitriles is 1. The molecule has 4 rings (SSSR count). The van der Waals surface area contributed by atoms with Gasteiger partial charge in [0.05, 0.1) is 47.9 Å². The van der Waals surface area contributed by atoms with Crippen LogP contribution in [0.1, 0.15) is 31.2 Å². The quantitative estimate of drug-likeness (QED) is 0.520. The summed E-state index contributed by atoms with van der Waals surface area (Å²) in [6.07, 6.45) is 2.91. The van der Waals surface area contributed by atoms with E-state index in [9.17, 15) is 23.3 Å². The number of nitrogens with zero attached hydrogens (tertiary/aromatic N) is 3. The van der Waals surface area contributed by atoms with Crippen molar-refractivity contribution in [3.8, 4) is 6.07 Å². The Morgan fingerprint density at radius 3 is 2.20 bits per heavy atom. The van der Waals surface area contributed by atoms with Gasteiger partial charge in [-0.1, -0.05) is 37.3 Å². The van der Waals surface area contributed by atoms with Gasteiger partial charge in [-0.15, -0.1) is 0 Å². The van der Waals surface area contributed by atoms with Crippen LogP contribution in [0.25, 0.3) is 0 Å². The van der Waals surface area contributed by atoms with Gasteiger partial charge in [0.2, 0.25) is 0 Å². The highest BCUT2D eigenvalue weighted by atomic mass is 32.2. The van der Waals surface area contributed by atoms with Gasteiger partial charge in [0.25, 0.3) is 0 Å². The van der Waals surface area contributed by atoms with Crippen molar-refractivity contribution in [3.63, 3.8) is 0 Å². The van der Waals surface area contributed by atoms with E-state index >= 15 is 0 Å². The first-order chi connectivity index (χ1) is 19.0. The van der Waals surface area contributed by atoms with E-state index in [4.69, 9.17) is 15.2 Å². The molecule has 2 heterocycles. The van der Waals surface area contributed by atoms with Crippen LogP contribution in [0.2, 0.25) is 0 Å². The number of allylic oxidation sites excluding steroid dienone is 1. The van der Waals surface area contributed by atoms with E-state index in [0.717, 1.165) is 19.1 Å². The van der Waals surface area contributed by atoms with Gasteiger partial charge in [0.15, 0.2) is 9.84 Å². The summed E-state index contributed by atoms with van der Waals surface area (Å²) in [5, 5.41) is 10.3. The number of carbonyl (C=O) groups is 2. The summed E-state index contributed by atoms with van der Waals surface area (Å²) in [5.41, 5.74) is 7.60. The van der Waals surface area contributed by atoms with Crippen LogP contribution in [0.4, 0.5) is 11.4 Å². The largest absolute Gasteiger partial charge is 0.466 e. The molecule has 210 valence electrons. The highest BCUT2D eigenvalue weighted by Crippen LogP contribution is 2.44. The third-order valence-electron chi connectivity index (χ3n) is 7.33. The van der Waals surface area contributed by atoms with Crippen LogP contribution in [-0.4, -0.2) is 53.9 Å². The number of methoxy groups -OCH3 is 2. The first kappa shape index (κ1) is 28.7. The van der Waals surface area contributed by atoms with Crippen LogP contribution in [-0.2, 0) is 28.9 Å². The summed E-state index contributed by atoms with van der Waals surface area (Å²) in [7, 11) is -1.26. The first-order valence-electron chi connectivity index (χ1n) is 12.8. The molecule has 0 aromatic heterocycles. The Kier molecular flexibility index (Phi) is 8.21. The maximum absolute atomic E-state index is 13.4. The number of piperidine rings is 1. The fourth-order valence-corrected chi connectivity index (χ4v) is 6.12. The Hall–Kier alpha value is -4.30. The molecule has 2 aromatic rings. The second-order valence-electron chi connectivity index (χ2n) is 9.93. The number of benzene rings is 2. The van der Waals surface area contributed by atoms with Crippen molar-refractivity contribution in [2.24, 2.45) is 11.7 Å². The lowest BCUT2D eigenvalue weighted by atomic mass is 9.81. The topological polar surface area (TPSA) is 143 Å². The molecule has 10 nitrogen and oxygen atoms in total. The number of sulfone groups is 1. The van der Waals surface area contributed by atoms with Crippen molar-refractivity contribution in [1.82, 2.24) is 0 Å². The molecule has 0 aliphatic carbocycles. The number of hydrogen-bond donors (Lipinski definition) is 1. The van der Waals surface area contributed by atoms with Crippen LogP contribution in [0.15, 0.2) is 76.1 Å². The smallest absolute Gasteiger partial charge is 0.355 e. The molecule has 40 heavy (non-hydrogen) atoms. The molecule has 0 amide bonds. The van der Waals surface area contributed by atoms with Crippen LogP contribution in [0, 0.1) is 17.2 Å². The van der Waals surface area contributed by atoms with Gasteiger partial charge >= 0.3 is 11.9 Å². The molecule has 1 saturated heterocycles. The zero-order valence-electron chi connectivity index (χ0n) is 22.9. The van der Waals surface area contributed by atoms with Crippen molar-refractivity contribution in [3.05, 3.63) is 76.8 Å². The maximum atomic E-state index is 13.4. The molecule has 2 aromatic carbocycles. The SMILES string of the molecule is COC(=O)C1=C(C(=O)OC)N(c2ccc(S(C)(=O)=O)c(N3CCC(C)CC3)c2)C(N)=C(C#N)C1c1ccccc1. The first-order valence-corrected chi connectivity index (χ1v) is 14.7. The number of hydrogen-bond acceptors (Lipinski definition) is 10. The third-order valence-corrected chi connectivity index (χ3v) is 8.48. The van der Waals surface area contributed by atoms with Gasteiger partial charge in [-0.2, -0.15) is 5.26 Å². The van der Waals surface area contributed by atoms with E-state index in [0.29, 0.717) is 35.9 Å². The molecule has 2 aliphatic rings. The lowest BCUT2D eigenvalue weighted by Gasteiger charge is -2.37. The van der Waals surface area contributed by atoms with Crippen LogP contribution >= 0.6 is 0 Å². The van der Waals surface area contributed by atoms with E-state index in [1.54, 1.807) is 36.4 Å². The average molecular weight is 565 g/mol. The number of esters is 2. The molecule has 1 fully saturated rings. The minimum absolute atomic E-state index is 0.0276. The average Bonchev–Trinajstić information content (AvgIpc) is 2.95. The Morgan fingerprint density at radius 1 is 1.02 bits per heavy atom. The van der Waals surface area contributed by atoms with E-state index in [1.807, 2.05) is 4.90 Å². The monoisotopic (exact) mass is 564 g/mol. The molecule has 0 bridgehead atoms. The van der Waals surface area contributed by atoms with E-state index < -0.39 is 27.7 Å². The summed E-state index contributed by atoms with van der Waals surface area (Å²) < 4.78 is 35.7. The van der Waals surface area contributed by atoms with Crippen LogP contribution < -0.4 is 15.5 Å². The van der Waals surface area contributed by atoms with E-state index in [1.165, 1.54) is 31.3 Å². The fourth-order valence-electron chi connectivity index (χ4n) is 5.24. The van der Waals surface area contributed by atoms with Crippen LogP contribution in [0.5, 0.6) is 0 Å². The molecule has 0 radical (unpaired) electrons. The van der Waals surface area contributed by atoms with Crippen LogP contribution in [0.3, 0.4) is 0 Å². The lowest BCUT2D eigenvalue weighted by molar-refractivity contribution is -0.139. The van der Waals surface area contributed by atoms with Gasteiger partial charge in [0, 0.05) is 25.0 Å². The van der Waals surface area contributed by atoms with E-state index in [2.05, 4.69) is 13.0 Å². The summed E-state index contributed by atoms with van der Waals surface area (Å²) in [6.45, 7) is 3.44. The van der Waals surface area contributed by atoms with Crippen molar-refractivity contribution < 1.29 is 27.5 Å². The molecule has 0 spiro atoms. The predicted octanol–water partition coefficient (Wildman–Crippen LogP) is 3.22. The zero-order chi connectivity index (χ0) is 29.2. The molecule has 2 N–H and O–H groups in total. The van der Waals surface area contributed by atoms with Crippen molar-refractivity contribution in [2.45, 2.75) is 30.6 Å². The Morgan fingerprint density at radius 2 is 1.65 bits per heavy atom. The van der Waals surface area contributed by atoms with Gasteiger partial charge in [-0.3, -0.25) is 4.90 Å². The molecule has 11 heteroatoms. The molecule has 2 aliphatic heterocycles. The summed E-state index contributed by atoms with van der Waals surface area (Å²) in [4.78, 5) is 30.0. The number of ether oxygens (including phenoxy) is 2. The molecular weight excluding hydrogens is 532 g/mol. The molecule has 1 unspecified atom stereocenters. The lowest BCUT2D eigenvalue weighted by Crippen LogP contribution is -2.41. The minimum atomic E-state index is -3.61. The Balaban J connectivity index is 2.02. The number of carbonyl (C=O) groups excluding carboxylic acids is 2. The standard InChI is InChI=1S/C29H32N4O6S/c1-18-12-14-32(15-13-18)22-16-20(10-11-23(22)40(4,36)37)33-26(29(35)39-3)25(28(34)38-2)24(21(17-30)27(33)31)19-8-6-5-7-9-19/h5-11,16,18,24H,12-15,31H2,1-4H3. The normalized spacial score (nSPS) is 18.4. The van der Waals surface area contributed by atoms with Gasteiger partial charge in [0.1, 0.15) is 11.5 Å². The molecule has 0 saturated carbocycles. The van der Waals surface area contributed by atoms with Gasteiger partial charge < -0.3 is 20.1 Å². The van der Waals surface area contributed by atoms with E-state index in [-0.39, 0.29) is 27.6 Å². The second-order valence-corrected chi connectivity index (χ2v) is 11.9. The minimum Gasteiger partial charge on any atom is -0.466 e. The molecule has 1 atom stereocenters.